The molecular weight excluding hydrogens is 241 g/mol. The highest BCUT2D eigenvalue weighted by Crippen LogP contribution is 2.30. The molecule has 2 nitrogen and oxygen atoms in total. The van der Waals surface area contributed by atoms with Crippen LogP contribution in [0, 0.1) is 18.7 Å². The van der Waals surface area contributed by atoms with E-state index in [1.165, 1.54) is 6.07 Å². The summed E-state index contributed by atoms with van der Waals surface area (Å²) in [5.41, 5.74) is 1.53. The van der Waals surface area contributed by atoms with Crippen LogP contribution >= 0.6 is 0 Å². The summed E-state index contributed by atoms with van der Waals surface area (Å²) in [7, 11) is 0. The first-order valence-corrected chi connectivity index (χ1v) is 7.02. The molecule has 3 heteroatoms. The minimum Gasteiger partial charge on any atom is -0.335 e. The van der Waals surface area contributed by atoms with E-state index >= 15 is 0 Å². The molecule has 0 radical (unpaired) electrons. The lowest BCUT2D eigenvalue weighted by atomic mass is 10.1. The van der Waals surface area contributed by atoms with Gasteiger partial charge in [0.25, 0.3) is 0 Å². The van der Waals surface area contributed by atoms with Crippen molar-refractivity contribution in [3.8, 4) is 0 Å². The van der Waals surface area contributed by atoms with Gasteiger partial charge in [0, 0.05) is 24.6 Å². The highest BCUT2D eigenvalue weighted by molar-refractivity contribution is 5.77. The summed E-state index contributed by atoms with van der Waals surface area (Å²) in [6.45, 7) is 6.35. The van der Waals surface area contributed by atoms with Crippen molar-refractivity contribution in [2.45, 2.75) is 52.6 Å². The third-order valence-corrected chi connectivity index (χ3v) is 3.44. The fraction of sp³-hybridized carbons (Fsp3) is 0.562. The number of carbonyl (C=O) groups excluding carboxylic acids is 1. The van der Waals surface area contributed by atoms with Crippen molar-refractivity contribution in [1.29, 1.82) is 0 Å². The SMILES string of the molecule is Cc1ccc(CN(C(=O)CC(C)C)C2CC2)c(F)c1. The first-order chi connectivity index (χ1) is 8.97. The highest BCUT2D eigenvalue weighted by atomic mass is 19.1. The predicted molar refractivity (Wildman–Crippen MR) is 74.2 cm³/mol. The number of nitrogens with zero attached hydrogens (tertiary/aromatic N) is 1. The van der Waals surface area contributed by atoms with Crippen LogP contribution in [0.3, 0.4) is 0 Å². The molecule has 104 valence electrons. The van der Waals surface area contributed by atoms with Crippen LogP contribution in [-0.4, -0.2) is 16.8 Å². The molecule has 19 heavy (non-hydrogen) atoms. The molecule has 0 spiro atoms. The van der Waals surface area contributed by atoms with Gasteiger partial charge in [-0.2, -0.15) is 0 Å². The number of rotatable bonds is 5. The van der Waals surface area contributed by atoms with E-state index in [9.17, 15) is 9.18 Å². The van der Waals surface area contributed by atoms with Gasteiger partial charge < -0.3 is 4.90 Å². The Bertz CT molecular complexity index is 466. The molecule has 1 aliphatic rings. The van der Waals surface area contributed by atoms with Gasteiger partial charge in [-0.25, -0.2) is 4.39 Å². The molecule has 1 saturated carbocycles. The Labute approximate surface area is 114 Å². The highest BCUT2D eigenvalue weighted by Gasteiger charge is 2.32. The van der Waals surface area contributed by atoms with E-state index in [1.807, 2.05) is 31.7 Å². The van der Waals surface area contributed by atoms with E-state index < -0.39 is 0 Å². The second kappa shape index (κ2) is 5.72. The third-order valence-electron chi connectivity index (χ3n) is 3.44. The Kier molecular flexibility index (Phi) is 4.23. The molecule has 1 amide bonds. The number of hydrogen-bond acceptors (Lipinski definition) is 1. The lowest BCUT2D eigenvalue weighted by Crippen LogP contribution is -2.33. The smallest absolute Gasteiger partial charge is 0.223 e. The molecule has 0 saturated heterocycles. The monoisotopic (exact) mass is 263 g/mol. The Morgan fingerprint density at radius 1 is 1.42 bits per heavy atom. The minimum atomic E-state index is -0.206. The maximum Gasteiger partial charge on any atom is 0.223 e. The van der Waals surface area contributed by atoms with Crippen LogP contribution in [0.15, 0.2) is 18.2 Å². The zero-order chi connectivity index (χ0) is 14.0. The molecular formula is C16H22FNO. The summed E-state index contributed by atoms with van der Waals surface area (Å²) >= 11 is 0. The van der Waals surface area contributed by atoms with Gasteiger partial charge in [0.05, 0.1) is 0 Å². The fourth-order valence-electron chi connectivity index (χ4n) is 2.24. The number of hydrogen-bond donors (Lipinski definition) is 0. The second-order valence-electron chi connectivity index (χ2n) is 5.95. The van der Waals surface area contributed by atoms with Gasteiger partial charge in [0.1, 0.15) is 5.82 Å². The van der Waals surface area contributed by atoms with Crippen molar-refractivity contribution in [3.63, 3.8) is 0 Å². The quantitative estimate of drug-likeness (QED) is 0.793. The van der Waals surface area contributed by atoms with Gasteiger partial charge in [-0.1, -0.05) is 26.0 Å². The van der Waals surface area contributed by atoms with Gasteiger partial charge in [-0.05, 0) is 37.3 Å². The number of amides is 1. The van der Waals surface area contributed by atoms with E-state index in [1.54, 1.807) is 6.07 Å². The van der Waals surface area contributed by atoms with Crippen LogP contribution in [0.1, 0.15) is 44.2 Å². The van der Waals surface area contributed by atoms with Gasteiger partial charge in [-0.3, -0.25) is 4.79 Å². The number of benzene rings is 1. The van der Waals surface area contributed by atoms with Crippen molar-refractivity contribution in [2.24, 2.45) is 5.92 Å². The zero-order valence-electron chi connectivity index (χ0n) is 11.9. The van der Waals surface area contributed by atoms with Gasteiger partial charge in [0.2, 0.25) is 5.91 Å². The Hall–Kier alpha value is -1.38. The van der Waals surface area contributed by atoms with Crippen molar-refractivity contribution >= 4 is 5.91 Å². The van der Waals surface area contributed by atoms with Gasteiger partial charge >= 0.3 is 0 Å². The van der Waals surface area contributed by atoms with Crippen LogP contribution in [0.4, 0.5) is 4.39 Å². The minimum absolute atomic E-state index is 0.150. The fourth-order valence-corrected chi connectivity index (χ4v) is 2.24. The first kappa shape index (κ1) is 14.0. The first-order valence-electron chi connectivity index (χ1n) is 7.02. The lowest BCUT2D eigenvalue weighted by molar-refractivity contribution is -0.133. The van der Waals surface area contributed by atoms with Crippen LogP contribution in [0.25, 0.3) is 0 Å². The molecule has 1 aliphatic carbocycles. The molecule has 2 rings (SSSR count). The normalized spacial score (nSPS) is 14.8. The average molecular weight is 263 g/mol. The summed E-state index contributed by atoms with van der Waals surface area (Å²) in [6.07, 6.45) is 2.65. The standard InChI is InChI=1S/C16H22FNO/c1-11(2)8-16(19)18(14-6-7-14)10-13-5-4-12(3)9-15(13)17/h4-5,9,11,14H,6-8,10H2,1-3H3. The maximum atomic E-state index is 13.9. The van der Waals surface area contributed by atoms with Crippen molar-refractivity contribution in [1.82, 2.24) is 4.90 Å². The summed E-state index contributed by atoms with van der Waals surface area (Å²) < 4.78 is 13.9. The molecule has 1 fully saturated rings. The number of carbonyl (C=O) groups is 1. The maximum absolute atomic E-state index is 13.9. The Morgan fingerprint density at radius 2 is 2.11 bits per heavy atom. The van der Waals surface area contributed by atoms with Crippen LogP contribution in [0.5, 0.6) is 0 Å². The predicted octanol–water partition coefficient (Wildman–Crippen LogP) is 3.67. The Balaban J connectivity index is 2.10. The number of halogens is 1. The summed E-state index contributed by atoms with van der Waals surface area (Å²) in [5.74, 6) is 0.289. The van der Waals surface area contributed by atoms with Gasteiger partial charge in [0.15, 0.2) is 0 Å². The average Bonchev–Trinajstić information content (AvgIpc) is 3.10. The summed E-state index contributed by atoms with van der Waals surface area (Å²) in [5, 5.41) is 0. The van der Waals surface area contributed by atoms with E-state index in [4.69, 9.17) is 0 Å². The van der Waals surface area contributed by atoms with Crippen molar-refractivity contribution in [3.05, 3.63) is 35.1 Å². The van der Waals surface area contributed by atoms with E-state index in [0.29, 0.717) is 30.5 Å². The molecule has 0 N–H and O–H groups in total. The summed E-state index contributed by atoms with van der Waals surface area (Å²) in [4.78, 5) is 14.1. The molecule has 1 aromatic carbocycles. The molecule has 0 atom stereocenters. The molecule has 0 bridgehead atoms. The van der Waals surface area contributed by atoms with Gasteiger partial charge in [-0.15, -0.1) is 0 Å². The zero-order valence-corrected chi connectivity index (χ0v) is 11.9. The topological polar surface area (TPSA) is 20.3 Å². The molecule has 0 heterocycles. The molecule has 0 aromatic heterocycles. The van der Waals surface area contributed by atoms with E-state index in [-0.39, 0.29) is 11.7 Å². The number of aryl methyl sites for hydroxylation is 1. The van der Waals surface area contributed by atoms with Crippen molar-refractivity contribution in [2.75, 3.05) is 0 Å². The van der Waals surface area contributed by atoms with E-state index in [0.717, 1.165) is 18.4 Å². The molecule has 0 unspecified atom stereocenters. The Morgan fingerprint density at radius 3 is 2.63 bits per heavy atom. The molecule has 1 aromatic rings. The lowest BCUT2D eigenvalue weighted by Gasteiger charge is -2.24. The van der Waals surface area contributed by atoms with Crippen LogP contribution < -0.4 is 0 Å². The van der Waals surface area contributed by atoms with Crippen molar-refractivity contribution < 1.29 is 9.18 Å². The second-order valence-corrected chi connectivity index (χ2v) is 5.95. The third kappa shape index (κ3) is 3.79. The summed E-state index contributed by atoms with van der Waals surface area (Å²) in [6, 6.07) is 5.55. The largest absolute Gasteiger partial charge is 0.335 e. The van der Waals surface area contributed by atoms with E-state index in [2.05, 4.69) is 0 Å². The van der Waals surface area contributed by atoms with Crippen LogP contribution in [-0.2, 0) is 11.3 Å². The molecule has 0 aliphatic heterocycles. The van der Waals surface area contributed by atoms with Crippen LogP contribution in [0.2, 0.25) is 0 Å².